The molecule has 0 saturated heterocycles. The van der Waals surface area contributed by atoms with Crippen molar-refractivity contribution in [2.24, 2.45) is 0 Å². The van der Waals surface area contributed by atoms with Gasteiger partial charge in [0.2, 0.25) is 0 Å². The summed E-state index contributed by atoms with van der Waals surface area (Å²) in [5, 5.41) is 11.6. The lowest BCUT2D eigenvalue weighted by Crippen LogP contribution is -1.91. The lowest BCUT2D eigenvalue weighted by atomic mass is 9.85. The van der Waals surface area contributed by atoms with E-state index < -0.39 is 0 Å². The summed E-state index contributed by atoms with van der Waals surface area (Å²) in [6.45, 7) is 0. The molecular weight excluding hydrogens is 635 g/mol. The minimum Gasteiger partial charge on any atom is -0.256 e. The molecule has 1 nitrogen and oxygen atoms in total. The first-order valence-corrected chi connectivity index (χ1v) is 18.3. The topological polar surface area (TPSA) is 12.9 Å². The van der Waals surface area contributed by atoms with E-state index in [1.165, 1.54) is 97.0 Å². The number of hydrogen-bond acceptors (Lipinski definition) is 2. The fourth-order valence-electron chi connectivity index (χ4n) is 8.21. The molecule has 11 aromatic rings. The highest BCUT2D eigenvalue weighted by molar-refractivity contribution is 7.26. The largest absolute Gasteiger partial charge is 0.256 e. The van der Waals surface area contributed by atoms with Gasteiger partial charge in [0.1, 0.15) is 0 Å². The molecule has 51 heavy (non-hydrogen) atoms. The van der Waals surface area contributed by atoms with E-state index in [4.69, 9.17) is 0 Å². The van der Waals surface area contributed by atoms with Crippen LogP contribution in [0.2, 0.25) is 0 Å². The van der Waals surface area contributed by atoms with Crippen molar-refractivity contribution >= 4 is 74.7 Å². The summed E-state index contributed by atoms with van der Waals surface area (Å²) in [5.74, 6) is 0. The van der Waals surface area contributed by atoms with Crippen molar-refractivity contribution < 1.29 is 0 Å². The minimum absolute atomic E-state index is 1.02. The third-order valence-corrected chi connectivity index (χ3v) is 11.9. The smallest absolute Gasteiger partial charge is 0.0702 e. The zero-order valence-electron chi connectivity index (χ0n) is 27.6. The van der Waals surface area contributed by atoms with E-state index in [9.17, 15) is 0 Å². The molecule has 0 radical (unpaired) electrons. The monoisotopic (exact) mass is 663 g/mol. The van der Waals surface area contributed by atoms with E-state index in [2.05, 4.69) is 169 Å². The van der Waals surface area contributed by atoms with Gasteiger partial charge in [-0.1, -0.05) is 140 Å². The van der Waals surface area contributed by atoms with Gasteiger partial charge in [0.05, 0.1) is 5.52 Å². The van der Waals surface area contributed by atoms with Gasteiger partial charge in [-0.15, -0.1) is 11.3 Å². The molecule has 0 aliphatic heterocycles. The molecule has 0 unspecified atom stereocenters. The molecule has 236 valence electrons. The van der Waals surface area contributed by atoms with Crippen LogP contribution in [-0.4, -0.2) is 4.98 Å². The van der Waals surface area contributed by atoms with Crippen LogP contribution in [0.4, 0.5) is 0 Å². The molecule has 0 atom stereocenters. The van der Waals surface area contributed by atoms with Crippen LogP contribution < -0.4 is 0 Å². The van der Waals surface area contributed by atoms with Crippen LogP contribution in [-0.2, 0) is 0 Å². The summed E-state index contributed by atoms with van der Waals surface area (Å²) in [5.41, 5.74) is 10.9. The molecular formula is C49H29NS. The SMILES string of the molecule is c1cnc2ccc(-c3ccc(-c4cc(-c5ccc(-c6cccc7c6sc6ccccc67)cc5)c5ccc6cccc7ccc4c5c76)cc3)cc2c1. The Kier molecular flexibility index (Phi) is 6.19. The number of thiophene rings is 1. The molecule has 0 N–H and O–H groups in total. The van der Waals surface area contributed by atoms with Gasteiger partial charge in [0, 0.05) is 31.8 Å². The van der Waals surface area contributed by atoms with E-state index in [0.717, 1.165) is 10.9 Å². The number of pyridine rings is 1. The number of hydrogen-bond donors (Lipinski definition) is 0. The van der Waals surface area contributed by atoms with Crippen LogP contribution in [0, 0.1) is 0 Å². The van der Waals surface area contributed by atoms with Gasteiger partial charge in [-0.05, 0) is 107 Å². The number of nitrogens with zero attached hydrogens (tertiary/aromatic N) is 1. The Hall–Kier alpha value is -6.35. The molecule has 11 rings (SSSR count). The molecule has 9 aromatic carbocycles. The zero-order valence-corrected chi connectivity index (χ0v) is 28.4. The van der Waals surface area contributed by atoms with E-state index in [1.54, 1.807) is 0 Å². The summed E-state index contributed by atoms with van der Waals surface area (Å²) in [6, 6.07) is 62.7. The number of rotatable bonds is 4. The van der Waals surface area contributed by atoms with E-state index in [0.29, 0.717) is 0 Å². The summed E-state index contributed by atoms with van der Waals surface area (Å²) in [6.07, 6.45) is 1.85. The van der Waals surface area contributed by atoms with Crippen molar-refractivity contribution in [1.29, 1.82) is 0 Å². The first kappa shape index (κ1) is 28.5. The van der Waals surface area contributed by atoms with Crippen LogP contribution in [0.5, 0.6) is 0 Å². The van der Waals surface area contributed by atoms with Gasteiger partial charge in [0.15, 0.2) is 0 Å². The van der Waals surface area contributed by atoms with Gasteiger partial charge >= 0.3 is 0 Å². The molecule has 0 spiro atoms. The zero-order chi connectivity index (χ0) is 33.5. The molecule has 0 fully saturated rings. The van der Waals surface area contributed by atoms with Gasteiger partial charge in [0.25, 0.3) is 0 Å². The average Bonchev–Trinajstić information content (AvgIpc) is 3.59. The van der Waals surface area contributed by atoms with Crippen molar-refractivity contribution in [2.45, 2.75) is 0 Å². The summed E-state index contributed by atoms with van der Waals surface area (Å²) in [4.78, 5) is 4.51. The Balaban J connectivity index is 1.07. The fourth-order valence-corrected chi connectivity index (χ4v) is 9.45. The van der Waals surface area contributed by atoms with Crippen LogP contribution in [0.25, 0.3) is 108 Å². The van der Waals surface area contributed by atoms with Crippen LogP contribution in [0.15, 0.2) is 176 Å². The predicted octanol–water partition coefficient (Wildman–Crippen LogP) is 14.2. The molecule has 2 heterocycles. The van der Waals surface area contributed by atoms with Crippen LogP contribution in [0.1, 0.15) is 0 Å². The van der Waals surface area contributed by atoms with Gasteiger partial charge in [-0.3, -0.25) is 4.98 Å². The fraction of sp³-hybridized carbons (Fsp3) is 0. The van der Waals surface area contributed by atoms with Crippen molar-refractivity contribution in [3.63, 3.8) is 0 Å². The second-order valence-electron chi connectivity index (χ2n) is 13.5. The lowest BCUT2D eigenvalue weighted by molar-refractivity contribution is 1.41. The molecule has 2 heteroatoms. The van der Waals surface area contributed by atoms with Gasteiger partial charge in [-0.2, -0.15) is 0 Å². The maximum absolute atomic E-state index is 4.51. The Morgan fingerprint density at radius 1 is 0.353 bits per heavy atom. The summed E-state index contributed by atoms with van der Waals surface area (Å²) in [7, 11) is 0. The van der Waals surface area contributed by atoms with Crippen molar-refractivity contribution in [1.82, 2.24) is 4.98 Å². The van der Waals surface area contributed by atoms with E-state index in [-0.39, 0.29) is 0 Å². The Morgan fingerprint density at radius 2 is 0.961 bits per heavy atom. The lowest BCUT2D eigenvalue weighted by Gasteiger charge is -2.18. The standard InChI is InChI=1S/C49H29NS/c1-2-12-46-39(9-1)42-11-4-10-38(49(42)51-46)31-17-19-33(20-18-31)44-29-43(40-24-21-34-6-3-7-35-22-25-41(44)48(40)47(34)35)32-15-13-30(14-16-32)36-23-26-45-37(28-36)8-5-27-50-45/h1-29H. The quantitative estimate of drug-likeness (QED) is 0.171. The van der Waals surface area contributed by atoms with E-state index in [1.807, 2.05) is 23.6 Å². The highest BCUT2D eigenvalue weighted by Gasteiger charge is 2.17. The molecule has 0 aliphatic carbocycles. The van der Waals surface area contributed by atoms with Gasteiger partial charge in [-0.25, -0.2) is 0 Å². The highest BCUT2D eigenvalue weighted by atomic mass is 32.1. The number of benzene rings is 9. The molecule has 0 aliphatic rings. The first-order chi connectivity index (χ1) is 25.3. The highest BCUT2D eigenvalue weighted by Crippen LogP contribution is 2.45. The number of aromatic nitrogens is 1. The Labute approximate surface area is 299 Å². The van der Waals surface area contributed by atoms with Crippen molar-refractivity contribution in [3.8, 4) is 44.5 Å². The molecule has 0 amide bonds. The predicted molar refractivity (Wildman–Crippen MR) is 220 cm³/mol. The van der Waals surface area contributed by atoms with Crippen molar-refractivity contribution in [3.05, 3.63) is 176 Å². The normalized spacial score (nSPS) is 11.9. The van der Waals surface area contributed by atoms with E-state index >= 15 is 0 Å². The summed E-state index contributed by atoms with van der Waals surface area (Å²) >= 11 is 1.89. The van der Waals surface area contributed by atoms with Gasteiger partial charge < -0.3 is 0 Å². The van der Waals surface area contributed by atoms with Crippen LogP contribution >= 0.6 is 11.3 Å². The molecule has 0 saturated carbocycles. The first-order valence-electron chi connectivity index (χ1n) is 17.4. The maximum atomic E-state index is 4.51. The molecule has 0 bridgehead atoms. The summed E-state index contributed by atoms with van der Waals surface area (Å²) < 4.78 is 2.68. The van der Waals surface area contributed by atoms with Crippen LogP contribution in [0.3, 0.4) is 0 Å². The third kappa shape index (κ3) is 4.44. The average molecular weight is 664 g/mol. The Morgan fingerprint density at radius 3 is 1.71 bits per heavy atom. The third-order valence-electron chi connectivity index (χ3n) is 10.7. The minimum atomic E-state index is 1.02. The second kappa shape index (κ2) is 11.1. The Bertz CT molecular complexity index is 3100. The van der Waals surface area contributed by atoms with Crippen molar-refractivity contribution in [2.75, 3.05) is 0 Å². The maximum Gasteiger partial charge on any atom is 0.0702 e. The molecule has 2 aromatic heterocycles. The number of fused-ring (bicyclic) bond motifs is 4. The second-order valence-corrected chi connectivity index (χ2v) is 14.6.